The van der Waals surface area contributed by atoms with E-state index in [2.05, 4.69) is 0 Å². The van der Waals surface area contributed by atoms with Crippen molar-refractivity contribution >= 4 is 17.0 Å². The van der Waals surface area contributed by atoms with Gasteiger partial charge in [0.05, 0.1) is 30.8 Å². The molecule has 0 saturated carbocycles. The number of aliphatic hydroxyl groups excluding tert-OH is 4. The Morgan fingerprint density at radius 2 is 1.52 bits per heavy atom. The molecule has 0 amide bonds. The van der Waals surface area contributed by atoms with Crippen LogP contribution in [0.4, 0.5) is 0 Å². The van der Waals surface area contributed by atoms with Crippen LogP contribution in [0.1, 0.15) is 18.1 Å². The molecule has 0 bridgehead atoms. The third kappa shape index (κ3) is 4.73. The molecule has 1 heterocycles. The Morgan fingerprint density at radius 1 is 1.00 bits per heavy atom. The zero-order chi connectivity index (χ0) is 21.9. The normalized spacial score (nSPS) is 14.6. The van der Waals surface area contributed by atoms with E-state index in [1.54, 1.807) is 32.9 Å². The zero-order valence-corrected chi connectivity index (χ0v) is 16.5. The van der Waals surface area contributed by atoms with Gasteiger partial charge in [-0.2, -0.15) is 0 Å². The van der Waals surface area contributed by atoms with E-state index in [9.17, 15) is 29.7 Å². The highest BCUT2D eigenvalue weighted by Crippen LogP contribution is 2.18. The molecule has 0 aliphatic heterocycles. The number of fused-ring (bicyclic) bond motifs is 1. The second-order valence-electron chi connectivity index (χ2n) is 6.85. The molecule has 0 fully saturated rings. The number of rotatable bonds is 8. The van der Waals surface area contributed by atoms with Gasteiger partial charge in [0.2, 0.25) is 0 Å². The molecule has 160 valence electrons. The fraction of sp³-hybridized carbons (Fsp3) is 0.526. The second kappa shape index (κ2) is 9.31. The smallest absolute Gasteiger partial charge is 0.326 e. The van der Waals surface area contributed by atoms with Crippen LogP contribution in [-0.4, -0.2) is 67.1 Å². The van der Waals surface area contributed by atoms with Crippen molar-refractivity contribution in [2.75, 3.05) is 13.2 Å². The van der Waals surface area contributed by atoms with Crippen LogP contribution in [0.3, 0.4) is 0 Å². The van der Waals surface area contributed by atoms with Crippen LogP contribution in [0.2, 0.25) is 0 Å². The Bertz CT molecular complexity index is 1010. The average molecular weight is 410 g/mol. The van der Waals surface area contributed by atoms with Gasteiger partial charge in [-0.3, -0.25) is 23.5 Å². The minimum Gasteiger partial charge on any atom is -0.465 e. The van der Waals surface area contributed by atoms with Crippen molar-refractivity contribution in [1.29, 1.82) is 0 Å². The fourth-order valence-corrected chi connectivity index (χ4v) is 3.00. The first-order valence-corrected chi connectivity index (χ1v) is 9.17. The van der Waals surface area contributed by atoms with Crippen LogP contribution in [0, 0.1) is 13.8 Å². The summed E-state index contributed by atoms with van der Waals surface area (Å²) in [5.74, 6) is -0.673. The first-order chi connectivity index (χ1) is 13.6. The van der Waals surface area contributed by atoms with Crippen LogP contribution in [0.5, 0.6) is 0 Å². The van der Waals surface area contributed by atoms with Gasteiger partial charge in [-0.1, -0.05) is 0 Å². The summed E-state index contributed by atoms with van der Waals surface area (Å²) >= 11 is 0. The number of aromatic nitrogens is 2. The average Bonchev–Trinajstić information content (AvgIpc) is 2.69. The topological polar surface area (TPSA) is 151 Å². The molecule has 10 heteroatoms. The third-order valence-corrected chi connectivity index (χ3v) is 4.78. The number of ether oxygens (including phenoxy) is 1. The number of esters is 1. The zero-order valence-electron chi connectivity index (χ0n) is 16.5. The summed E-state index contributed by atoms with van der Waals surface area (Å²) in [5, 5.41) is 38.5. The van der Waals surface area contributed by atoms with Gasteiger partial charge in [-0.25, -0.2) is 0 Å². The molecule has 10 nitrogen and oxygen atoms in total. The van der Waals surface area contributed by atoms with Gasteiger partial charge in [0.1, 0.15) is 24.9 Å². The molecule has 4 N–H and O–H groups in total. The lowest BCUT2D eigenvalue weighted by atomic mass is 10.1. The maximum absolute atomic E-state index is 12.7. The highest BCUT2D eigenvalue weighted by atomic mass is 16.5. The number of hydrogen-bond donors (Lipinski definition) is 4. The first kappa shape index (κ1) is 22.8. The summed E-state index contributed by atoms with van der Waals surface area (Å²) < 4.78 is 6.88. The van der Waals surface area contributed by atoms with Crippen LogP contribution in [-0.2, 0) is 22.6 Å². The molecule has 0 aliphatic carbocycles. The maximum atomic E-state index is 12.7. The van der Waals surface area contributed by atoms with Crippen molar-refractivity contribution in [3.63, 3.8) is 0 Å². The minimum absolute atomic E-state index is 0.123. The van der Waals surface area contributed by atoms with Crippen molar-refractivity contribution in [3.05, 3.63) is 44.0 Å². The van der Waals surface area contributed by atoms with Crippen LogP contribution >= 0.6 is 0 Å². The lowest BCUT2D eigenvalue weighted by Gasteiger charge is -2.23. The van der Waals surface area contributed by atoms with E-state index < -0.39 is 55.1 Å². The van der Waals surface area contributed by atoms with Crippen molar-refractivity contribution in [1.82, 2.24) is 9.13 Å². The Kier molecular flexibility index (Phi) is 7.31. The number of carbonyl (C=O) groups excluding carboxylic acids is 1. The van der Waals surface area contributed by atoms with Gasteiger partial charge in [0, 0.05) is 0 Å². The highest BCUT2D eigenvalue weighted by molar-refractivity contribution is 5.79. The molecule has 0 saturated heterocycles. The number of hydrogen-bond acceptors (Lipinski definition) is 8. The molecule has 2 aromatic rings. The van der Waals surface area contributed by atoms with E-state index >= 15 is 0 Å². The lowest BCUT2D eigenvalue weighted by molar-refractivity contribution is -0.143. The minimum atomic E-state index is -1.73. The lowest BCUT2D eigenvalue weighted by Crippen LogP contribution is -2.47. The monoisotopic (exact) mass is 410 g/mol. The van der Waals surface area contributed by atoms with Crippen molar-refractivity contribution in [2.24, 2.45) is 0 Å². The first-order valence-electron chi connectivity index (χ1n) is 9.17. The molecule has 3 atom stereocenters. The summed E-state index contributed by atoms with van der Waals surface area (Å²) in [6.45, 7) is 3.62. The van der Waals surface area contributed by atoms with Gasteiger partial charge in [-0.15, -0.1) is 0 Å². The fourth-order valence-electron chi connectivity index (χ4n) is 3.00. The van der Waals surface area contributed by atoms with E-state index in [1.165, 1.54) is 0 Å². The summed E-state index contributed by atoms with van der Waals surface area (Å²) in [6, 6.07) is 3.28. The maximum Gasteiger partial charge on any atom is 0.326 e. The summed E-state index contributed by atoms with van der Waals surface area (Å²) in [5.41, 5.74) is 0.184. The number of carbonyl (C=O) groups is 1. The highest BCUT2D eigenvalue weighted by Gasteiger charge is 2.26. The summed E-state index contributed by atoms with van der Waals surface area (Å²) in [4.78, 5) is 37.3. The van der Waals surface area contributed by atoms with Gasteiger partial charge >= 0.3 is 17.1 Å². The number of aryl methyl sites for hydroxylation is 2. The molecule has 0 spiro atoms. The Morgan fingerprint density at radius 3 is 2.03 bits per heavy atom. The van der Waals surface area contributed by atoms with E-state index in [0.717, 1.165) is 20.3 Å². The standard InChI is InChI=1S/C19H26N2O8/c1-4-29-16(25)8-21-13-6-11(3)10(2)5-12(13)20(18(27)19(21)28)7-14(23)17(26)15(24)9-22/h5-6,14-15,17,22-24,26H,4,7-9H2,1-3H3. The Hall–Kier alpha value is -2.53. The molecule has 29 heavy (non-hydrogen) atoms. The van der Waals surface area contributed by atoms with Crippen molar-refractivity contribution in [2.45, 2.75) is 52.2 Å². The predicted octanol–water partition coefficient (Wildman–Crippen LogP) is -1.58. The van der Waals surface area contributed by atoms with Gasteiger partial charge in [-0.05, 0) is 44.0 Å². The molecular formula is C19H26N2O8. The molecule has 1 aromatic heterocycles. The van der Waals surface area contributed by atoms with Crippen LogP contribution in [0.15, 0.2) is 21.7 Å². The van der Waals surface area contributed by atoms with Gasteiger partial charge < -0.3 is 25.2 Å². The molecule has 0 aliphatic rings. The molecule has 2 rings (SSSR count). The van der Waals surface area contributed by atoms with E-state index in [-0.39, 0.29) is 17.6 Å². The number of benzene rings is 1. The van der Waals surface area contributed by atoms with Crippen LogP contribution in [0.25, 0.3) is 11.0 Å². The molecule has 1 aromatic carbocycles. The molecule has 0 radical (unpaired) electrons. The second-order valence-corrected chi connectivity index (χ2v) is 6.85. The SMILES string of the molecule is CCOC(=O)Cn1c(=O)c(=O)n(CC(O)C(O)C(O)CO)c2cc(C)c(C)cc21. The Labute approximate surface area is 166 Å². The number of nitrogens with zero attached hydrogens (tertiary/aromatic N) is 2. The van der Waals surface area contributed by atoms with E-state index in [1.807, 2.05) is 0 Å². The summed E-state index contributed by atoms with van der Waals surface area (Å²) in [6.07, 6.45) is -4.96. The van der Waals surface area contributed by atoms with Crippen molar-refractivity contribution in [3.8, 4) is 0 Å². The quantitative estimate of drug-likeness (QED) is 0.301. The van der Waals surface area contributed by atoms with E-state index in [4.69, 9.17) is 9.84 Å². The van der Waals surface area contributed by atoms with E-state index in [0.29, 0.717) is 0 Å². The summed E-state index contributed by atoms with van der Waals surface area (Å²) in [7, 11) is 0. The number of aliphatic hydroxyl groups is 4. The van der Waals surface area contributed by atoms with Gasteiger partial charge in [0.15, 0.2) is 0 Å². The van der Waals surface area contributed by atoms with Crippen LogP contribution < -0.4 is 11.1 Å². The molecular weight excluding hydrogens is 384 g/mol. The predicted molar refractivity (Wildman–Crippen MR) is 104 cm³/mol. The third-order valence-electron chi connectivity index (χ3n) is 4.78. The Balaban J connectivity index is 2.67. The molecule has 3 unspecified atom stereocenters. The van der Waals surface area contributed by atoms with Gasteiger partial charge in [0.25, 0.3) is 0 Å². The van der Waals surface area contributed by atoms with Crippen molar-refractivity contribution < 1.29 is 30.0 Å². The largest absolute Gasteiger partial charge is 0.465 e.